The topological polar surface area (TPSA) is 17.0 Å². The van der Waals surface area contributed by atoms with E-state index < -0.39 is 0 Å². The van der Waals surface area contributed by atoms with Crippen molar-refractivity contribution in [3.8, 4) is 0 Å². The molecule has 0 saturated heterocycles. The van der Waals surface area contributed by atoms with Crippen molar-refractivity contribution in [2.24, 2.45) is 0 Å². The summed E-state index contributed by atoms with van der Waals surface area (Å²) in [6.07, 6.45) is 8.12. The fraction of sp³-hybridized carbons (Fsp3) is 0.500. The zero-order valence-corrected chi connectivity index (χ0v) is 12.7. The molecular weight excluding hydrogens is 252 g/mol. The van der Waals surface area contributed by atoms with Crippen LogP contribution in [0.15, 0.2) is 36.0 Å². The third-order valence-corrected chi connectivity index (χ3v) is 4.17. The summed E-state index contributed by atoms with van der Waals surface area (Å²) in [6.45, 7) is 6.56. The molecule has 0 radical (unpaired) electrons. The molecule has 0 saturated carbocycles. The maximum Gasteiger partial charge on any atom is 0.0563 e. The first-order valence-corrected chi connectivity index (χ1v) is 8.13. The monoisotopic (exact) mass is 276 g/mol. The van der Waals surface area contributed by atoms with Crippen LogP contribution < -0.4 is 5.32 Å². The van der Waals surface area contributed by atoms with E-state index in [2.05, 4.69) is 59.7 Å². The van der Waals surface area contributed by atoms with E-state index in [4.69, 9.17) is 0 Å². The lowest BCUT2D eigenvalue weighted by molar-refractivity contribution is 0.493. The van der Waals surface area contributed by atoms with E-state index in [1.165, 1.54) is 29.7 Å². The maximum absolute atomic E-state index is 3.65. The molecule has 19 heavy (non-hydrogen) atoms. The number of thiophene rings is 1. The van der Waals surface area contributed by atoms with E-state index >= 15 is 0 Å². The average molecular weight is 276 g/mol. The fourth-order valence-corrected chi connectivity index (χ4v) is 3.05. The van der Waals surface area contributed by atoms with Crippen molar-refractivity contribution in [3.05, 3.63) is 46.4 Å². The van der Waals surface area contributed by atoms with E-state index in [9.17, 15) is 0 Å². The van der Waals surface area contributed by atoms with E-state index in [1.807, 2.05) is 11.3 Å². The van der Waals surface area contributed by atoms with Gasteiger partial charge >= 0.3 is 0 Å². The van der Waals surface area contributed by atoms with Gasteiger partial charge in [-0.3, -0.25) is 0 Å². The quantitative estimate of drug-likeness (QED) is 0.754. The Bertz CT molecular complexity index is 459. The summed E-state index contributed by atoms with van der Waals surface area (Å²) in [5.74, 6) is 0. The molecule has 0 fully saturated rings. The highest BCUT2D eigenvalue weighted by Crippen LogP contribution is 2.20. The summed E-state index contributed by atoms with van der Waals surface area (Å²) in [5, 5.41) is 5.79. The van der Waals surface area contributed by atoms with Crippen LogP contribution in [0.2, 0.25) is 0 Å². The molecule has 0 aromatic carbocycles. The van der Waals surface area contributed by atoms with Crippen LogP contribution in [-0.4, -0.2) is 11.1 Å². The summed E-state index contributed by atoms with van der Waals surface area (Å²) in [7, 11) is 0. The number of hydrogen-bond acceptors (Lipinski definition) is 2. The predicted molar refractivity (Wildman–Crippen MR) is 83.8 cm³/mol. The predicted octanol–water partition coefficient (Wildman–Crippen LogP) is 4.44. The molecule has 104 valence electrons. The molecule has 0 amide bonds. The second-order valence-electron chi connectivity index (χ2n) is 4.99. The zero-order chi connectivity index (χ0) is 13.5. The minimum atomic E-state index is 0.509. The van der Waals surface area contributed by atoms with Crippen molar-refractivity contribution in [1.29, 1.82) is 0 Å². The van der Waals surface area contributed by atoms with Crippen LogP contribution >= 0.6 is 11.3 Å². The molecule has 1 N–H and O–H groups in total. The molecule has 2 nitrogen and oxygen atoms in total. The molecule has 3 heteroatoms. The Labute approximate surface area is 120 Å². The second kappa shape index (κ2) is 7.51. The van der Waals surface area contributed by atoms with Crippen molar-refractivity contribution < 1.29 is 0 Å². The standard InChI is InChI=1S/C16H24N2S/c1-3-6-16(17-9-4-2)14-8-10-18(12-14)13-15-7-5-11-19-15/h5,7-8,10-12,16-17H,3-4,6,9,13H2,1-2H3. The maximum atomic E-state index is 3.65. The van der Waals surface area contributed by atoms with Gasteiger partial charge in [-0.25, -0.2) is 0 Å². The van der Waals surface area contributed by atoms with Gasteiger partial charge in [-0.15, -0.1) is 11.3 Å². The van der Waals surface area contributed by atoms with Gasteiger partial charge in [-0.2, -0.15) is 0 Å². The third kappa shape index (κ3) is 4.22. The highest BCUT2D eigenvalue weighted by Gasteiger charge is 2.10. The van der Waals surface area contributed by atoms with Crippen LogP contribution in [0.4, 0.5) is 0 Å². The fourth-order valence-electron chi connectivity index (χ4n) is 2.34. The van der Waals surface area contributed by atoms with Gasteiger partial charge in [0.15, 0.2) is 0 Å². The molecule has 1 unspecified atom stereocenters. The first-order chi connectivity index (χ1) is 9.33. The molecular formula is C16H24N2S. The van der Waals surface area contributed by atoms with Crippen molar-refractivity contribution in [1.82, 2.24) is 9.88 Å². The van der Waals surface area contributed by atoms with Crippen molar-refractivity contribution in [2.45, 2.75) is 45.7 Å². The first-order valence-electron chi connectivity index (χ1n) is 7.25. The highest BCUT2D eigenvalue weighted by molar-refractivity contribution is 7.09. The number of hydrogen-bond donors (Lipinski definition) is 1. The van der Waals surface area contributed by atoms with Gasteiger partial charge in [0.2, 0.25) is 0 Å². The molecule has 1 atom stereocenters. The van der Waals surface area contributed by atoms with E-state index in [-0.39, 0.29) is 0 Å². The molecule has 2 rings (SSSR count). The lowest BCUT2D eigenvalue weighted by atomic mass is 10.1. The largest absolute Gasteiger partial charge is 0.349 e. The Morgan fingerprint density at radius 2 is 2.16 bits per heavy atom. The first kappa shape index (κ1) is 14.4. The van der Waals surface area contributed by atoms with Gasteiger partial charge in [0.1, 0.15) is 0 Å². The van der Waals surface area contributed by atoms with Gasteiger partial charge in [-0.1, -0.05) is 26.3 Å². The van der Waals surface area contributed by atoms with Gasteiger partial charge in [0.25, 0.3) is 0 Å². The van der Waals surface area contributed by atoms with Gasteiger partial charge in [0, 0.05) is 23.3 Å². The van der Waals surface area contributed by atoms with Crippen molar-refractivity contribution in [2.75, 3.05) is 6.54 Å². The third-order valence-electron chi connectivity index (χ3n) is 3.31. The van der Waals surface area contributed by atoms with Crippen LogP contribution in [0.25, 0.3) is 0 Å². The second-order valence-corrected chi connectivity index (χ2v) is 6.02. The highest BCUT2D eigenvalue weighted by atomic mass is 32.1. The minimum absolute atomic E-state index is 0.509. The normalized spacial score (nSPS) is 12.7. The van der Waals surface area contributed by atoms with Crippen LogP contribution in [0.5, 0.6) is 0 Å². The zero-order valence-electron chi connectivity index (χ0n) is 11.9. The SMILES string of the molecule is CCCNC(CCC)c1ccn(Cc2cccs2)c1. The lowest BCUT2D eigenvalue weighted by Crippen LogP contribution is -2.21. The number of nitrogens with zero attached hydrogens (tertiary/aromatic N) is 1. The Morgan fingerprint density at radius 3 is 2.84 bits per heavy atom. The number of nitrogens with one attached hydrogen (secondary N) is 1. The van der Waals surface area contributed by atoms with E-state index in [1.54, 1.807) is 0 Å². The molecule has 2 aromatic rings. The molecule has 0 aliphatic rings. The summed E-state index contributed by atoms with van der Waals surface area (Å²) >= 11 is 1.82. The van der Waals surface area contributed by atoms with Crippen LogP contribution in [0, 0.1) is 0 Å². The van der Waals surface area contributed by atoms with Crippen molar-refractivity contribution in [3.63, 3.8) is 0 Å². The lowest BCUT2D eigenvalue weighted by Gasteiger charge is -2.16. The van der Waals surface area contributed by atoms with Crippen molar-refractivity contribution >= 4 is 11.3 Å². The van der Waals surface area contributed by atoms with E-state index in [0.717, 1.165) is 13.1 Å². The summed E-state index contributed by atoms with van der Waals surface area (Å²) < 4.78 is 2.29. The molecule has 2 aromatic heterocycles. The Kier molecular flexibility index (Phi) is 5.67. The van der Waals surface area contributed by atoms with Gasteiger partial charge in [0.05, 0.1) is 6.54 Å². The Hall–Kier alpha value is -1.06. The van der Waals surface area contributed by atoms with Crippen LogP contribution in [0.1, 0.15) is 49.6 Å². The van der Waals surface area contributed by atoms with Gasteiger partial charge < -0.3 is 9.88 Å². The molecule has 0 aliphatic carbocycles. The average Bonchev–Trinajstić information content (AvgIpc) is 3.07. The number of rotatable bonds is 8. The molecule has 0 aliphatic heterocycles. The van der Waals surface area contributed by atoms with Crippen LogP contribution in [0.3, 0.4) is 0 Å². The Morgan fingerprint density at radius 1 is 1.26 bits per heavy atom. The van der Waals surface area contributed by atoms with Crippen LogP contribution in [-0.2, 0) is 6.54 Å². The molecule has 0 bridgehead atoms. The molecule has 0 spiro atoms. The summed E-state index contributed by atoms with van der Waals surface area (Å²) in [5.41, 5.74) is 1.42. The minimum Gasteiger partial charge on any atom is -0.349 e. The molecule has 2 heterocycles. The van der Waals surface area contributed by atoms with Gasteiger partial charge in [-0.05, 0) is 42.5 Å². The Balaban J connectivity index is 2.00. The summed E-state index contributed by atoms with van der Waals surface area (Å²) in [6, 6.07) is 7.09. The smallest absolute Gasteiger partial charge is 0.0563 e. The van der Waals surface area contributed by atoms with E-state index in [0.29, 0.717) is 6.04 Å². The number of aromatic nitrogens is 1. The summed E-state index contributed by atoms with van der Waals surface area (Å²) in [4.78, 5) is 1.41.